The fraction of sp³-hybridized carbons (Fsp3) is 0.440. The number of aryl methyl sites for hydroxylation is 1. The number of fused-ring (bicyclic) bond motifs is 2. The fourth-order valence-corrected chi connectivity index (χ4v) is 5.80. The Hall–Kier alpha value is -4.01. The summed E-state index contributed by atoms with van der Waals surface area (Å²) in [6, 6.07) is -0.550. The van der Waals surface area contributed by atoms with Gasteiger partial charge in [-0.05, 0) is 25.2 Å². The van der Waals surface area contributed by atoms with Crippen LogP contribution in [0.3, 0.4) is 0 Å². The quantitative estimate of drug-likeness (QED) is 0.341. The van der Waals surface area contributed by atoms with Crippen molar-refractivity contribution in [3.05, 3.63) is 57.2 Å². The summed E-state index contributed by atoms with van der Waals surface area (Å²) in [4.78, 5) is 45.7. The van der Waals surface area contributed by atoms with Crippen LogP contribution in [-0.4, -0.2) is 52.9 Å². The highest BCUT2D eigenvalue weighted by atomic mass is 32.1. The number of anilines is 2. The summed E-state index contributed by atoms with van der Waals surface area (Å²) in [7, 11) is 1.36. The van der Waals surface area contributed by atoms with E-state index in [1.54, 1.807) is 19.3 Å². The van der Waals surface area contributed by atoms with E-state index in [1.165, 1.54) is 35.7 Å². The maximum absolute atomic E-state index is 13.1. The summed E-state index contributed by atoms with van der Waals surface area (Å²) < 4.78 is 41.6. The third kappa shape index (κ3) is 4.78. The van der Waals surface area contributed by atoms with Gasteiger partial charge in [0.2, 0.25) is 5.95 Å². The molecular formula is C25H26F3N9O2S. The van der Waals surface area contributed by atoms with Gasteiger partial charge >= 0.3 is 11.9 Å². The number of nitrogens with one attached hydrogen (secondary N) is 1. The Balaban J connectivity index is 1.19. The van der Waals surface area contributed by atoms with Crippen molar-refractivity contribution in [3.8, 4) is 10.6 Å². The average Bonchev–Trinajstić information content (AvgIpc) is 3.29. The molecular weight excluding hydrogens is 547 g/mol. The van der Waals surface area contributed by atoms with Crippen molar-refractivity contribution in [2.24, 2.45) is 18.9 Å². The van der Waals surface area contributed by atoms with Gasteiger partial charge in [0.1, 0.15) is 10.8 Å². The maximum Gasteiger partial charge on any atom is 0.390 e. The number of hydrogen-bond acceptors (Lipinski definition) is 9. The number of rotatable bonds is 8. The normalized spacial score (nSPS) is 19.2. The molecule has 0 aromatic carbocycles. The summed E-state index contributed by atoms with van der Waals surface area (Å²) in [6.07, 6.45) is 0.386. The highest BCUT2D eigenvalue weighted by Crippen LogP contribution is 2.45. The summed E-state index contributed by atoms with van der Waals surface area (Å²) in [5.41, 5.74) is -0.379. The van der Waals surface area contributed by atoms with Crippen molar-refractivity contribution >= 4 is 34.3 Å². The summed E-state index contributed by atoms with van der Waals surface area (Å²) in [5, 5.41) is 5.67. The highest BCUT2D eigenvalue weighted by Gasteiger charge is 2.45. The molecule has 6 rings (SSSR count). The van der Waals surface area contributed by atoms with Crippen LogP contribution >= 0.6 is 11.3 Å². The highest BCUT2D eigenvalue weighted by molar-refractivity contribution is 7.13. The van der Waals surface area contributed by atoms with Crippen LogP contribution in [0.2, 0.25) is 0 Å². The Labute approximate surface area is 229 Å². The van der Waals surface area contributed by atoms with Crippen LogP contribution < -0.4 is 21.5 Å². The first-order chi connectivity index (χ1) is 19.0. The van der Waals surface area contributed by atoms with Crippen LogP contribution in [0.1, 0.15) is 25.8 Å². The van der Waals surface area contributed by atoms with Gasteiger partial charge in [0.05, 0.1) is 18.8 Å². The number of hydrogen-bond donors (Lipinski definition) is 1. The van der Waals surface area contributed by atoms with E-state index >= 15 is 0 Å². The first-order valence-corrected chi connectivity index (χ1v) is 13.6. The molecule has 3 atom stereocenters. The Morgan fingerprint density at radius 1 is 1.20 bits per heavy atom. The number of piperidine rings is 1. The molecule has 1 saturated heterocycles. The van der Waals surface area contributed by atoms with Crippen molar-refractivity contribution in [2.75, 3.05) is 23.3 Å². The Morgan fingerprint density at radius 3 is 2.58 bits per heavy atom. The van der Waals surface area contributed by atoms with Gasteiger partial charge < -0.3 is 14.8 Å². The van der Waals surface area contributed by atoms with Crippen LogP contribution in [0, 0.1) is 11.8 Å². The number of alkyl halides is 3. The van der Waals surface area contributed by atoms with E-state index in [4.69, 9.17) is 0 Å². The number of allylic oxidation sites excluding steroid dienone is 1. The Bertz CT molecular complexity index is 1710. The van der Waals surface area contributed by atoms with Crippen LogP contribution in [0.25, 0.3) is 21.7 Å². The number of nitrogens with zero attached hydrogens (tertiary/aromatic N) is 8. The van der Waals surface area contributed by atoms with Crippen molar-refractivity contribution in [1.29, 1.82) is 0 Å². The standard InChI is InChI=1S/C25H26F3N9O2S/c1-13(14(2)37-12-31-20-19(37)22(38)36(24(39)34(20)3)5-4-25(26,27)28)32-18-11-40-21(33-18)17-7-29-23(30-8-17)35-9-15-6-16(15)10-35/h7-8,11-12,14-16,32H,1,4-6,9-10H2,2-3H3/t14-,15?,16?/m0/s1. The number of halogens is 3. The molecule has 210 valence electrons. The third-order valence-electron chi connectivity index (χ3n) is 7.54. The van der Waals surface area contributed by atoms with E-state index in [0.29, 0.717) is 16.1 Å². The van der Waals surface area contributed by atoms with Gasteiger partial charge in [-0.3, -0.25) is 13.9 Å². The maximum atomic E-state index is 13.1. The van der Waals surface area contributed by atoms with Crippen molar-refractivity contribution in [1.82, 2.24) is 33.6 Å². The first-order valence-electron chi connectivity index (χ1n) is 12.7. The predicted molar refractivity (Wildman–Crippen MR) is 144 cm³/mol. The van der Waals surface area contributed by atoms with E-state index in [-0.39, 0.29) is 11.2 Å². The molecule has 4 aromatic heterocycles. The molecule has 0 radical (unpaired) electrons. The summed E-state index contributed by atoms with van der Waals surface area (Å²) in [5.74, 6) is 2.83. The van der Waals surface area contributed by atoms with Gasteiger partial charge in [-0.15, -0.1) is 11.3 Å². The Morgan fingerprint density at radius 2 is 1.90 bits per heavy atom. The number of thiazole rings is 1. The molecule has 1 N–H and O–H groups in total. The number of aromatic nitrogens is 7. The van der Waals surface area contributed by atoms with Crippen molar-refractivity contribution < 1.29 is 13.2 Å². The molecule has 1 aliphatic carbocycles. The molecule has 15 heteroatoms. The van der Waals surface area contributed by atoms with Crippen molar-refractivity contribution in [3.63, 3.8) is 0 Å². The molecule has 40 heavy (non-hydrogen) atoms. The minimum Gasteiger partial charge on any atom is -0.342 e. The van der Waals surface area contributed by atoms with E-state index in [0.717, 1.165) is 46.0 Å². The SMILES string of the molecule is C=C(Nc1csc(-c2cnc(N3CC4CC4C3)nc2)n1)[C@H](C)n1cnc2c1c(=O)n(CCC(F)(F)F)c(=O)n2C. The molecule has 5 heterocycles. The van der Waals surface area contributed by atoms with E-state index in [9.17, 15) is 22.8 Å². The number of imidazole rings is 1. The van der Waals surface area contributed by atoms with E-state index in [1.807, 2.05) is 5.38 Å². The lowest BCUT2D eigenvalue weighted by Gasteiger charge is -2.18. The second kappa shape index (κ2) is 9.57. The molecule has 2 unspecified atom stereocenters. The van der Waals surface area contributed by atoms with Crippen LogP contribution in [0.4, 0.5) is 24.9 Å². The predicted octanol–water partition coefficient (Wildman–Crippen LogP) is 3.41. The summed E-state index contributed by atoms with van der Waals surface area (Å²) >= 11 is 1.41. The fourth-order valence-electron chi connectivity index (χ4n) is 5.08. The lowest BCUT2D eigenvalue weighted by molar-refractivity contribution is -0.137. The lowest BCUT2D eigenvalue weighted by atomic mass is 10.2. The zero-order valence-corrected chi connectivity index (χ0v) is 22.5. The second-order valence-corrected chi connectivity index (χ2v) is 11.1. The van der Waals surface area contributed by atoms with Gasteiger partial charge in [-0.2, -0.15) is 13.2 Å². The van der Waals surface area contributed by atoms with Gasteiger partial charge in [-0.25, -0.2) is 24.7 Å². The largest absolute Gasteiger partial charge is 0.390 e. The molecule has 2 fully saturated rings. The zero-order valence-electron chi connectivity index (χ0n) is 21.7. The minimum absolute atomic E-state index is 0.00577. The van der Waals surface area contributed by atoms with Crippen LogP contribution in [0.5, 0.6) is 0 Å². The topological polar surface area (TPSA) is 116 Å². The molecule has 2 aliphatic rings. The van der Waals surface area contributed by atoms with E-state index in [2.05, 4.69) is 36.7 Å². The minimum atomic E-state index is -4.51. The smallest absolute Gasteiger partial charge is 0.342 e. The zero-order chi connectivity index (χ0) is 28.3. The third-order valence-corrected chi connectivity index (χ3v) is 8.43. The molecule has 1 saturated carbocycles. The molecule has 0 bridgehead atoms. The first kappa shape index (κ1) is 26.2. The van der Waals surface area contributed by atoms with Gasteiger partial charge in [0.25, 0.3) is 5.56 Å². The van der Waals surface area contributed by atoms with Crippen LogP contribution in [-0.2, 0) is 13.6 Å². The van der Waals surface area contributed by atoms with Gasteiger partial charge in [0, 0.05) is 55.7 Å². The van der Waals surface area contributed by atoms with E-state index < -0.39 is 36.4 Å². The van der Waals surface area contributed by atoms with Crippen LogP contribution in [0.15, 0.2) is 46.0 Å². The van der Waals surface area contributed by atoms with Gasteiger partial charge in [-0.1, -0.05) is 6.58 Å². The lowest BCUT2D eigenvalue weighted by Crippen LogP contribution is -2.40. The average molecular weight is 574 g/mol. The molecule has 1 aliphatic heterocycles. The summed E-state index contributed by atoms with van der Waals surface area (Å²) in [6.45, 7) is 7.07. The second-order valence-electron chi connectivity index (χ2n) is 10.3. The van der Waals surface area contributed by atoms with Crippen molar-refractivity contribution in [2.45, 2.75) is 38.5 Å². The van der Waals surface area contributed by atoms with Gasteiger partial charge in [0.15, 0.2) is 11.2 Å². The molecule has 11 nitrogen and oxygen atoms in total. The Kier molecular flexibility index (Phi) is 6.27. The molecule has 0 spiro atoms. The molecule has 0 amide bonds. The molecule has 4 aromatic rings. The monoisotopic (exact) mass is 573 g/mol.